The number of hydrogen-bond donors (Lipinski definition) is 2. The first-order chi connectivity index (χ1) is 11.3. The minimum Gasteiger partial charge on any atom is -0.348 e. The summed E-state index contributed by atoms with van der Waals surface area (Å²) in [5, 5.41) is 18.5. The van der Waals surface area contributed by atoms with Crippen LogP contribution < -0.4 is 10.6 Å². The second-order valence-electron chi connectivity index (χ2n) is 5.63. The normalized spacial score (nSPS) is 15.8. The molecule has 8 heteroatoms. The summed E-state index contributed by atoms with van der Waals surface area (Å²) in [6.07, 6.45) is 7.19. The zero-order valence-corrected chi connectivity index (χ0v) is 12.5. The van der Waals surface area contributed by atoms with Crippen LogP contribution in [0.1, 0.15) is 23.3 Å². The zero-order valence-electron chi connectivity index (χ0n) is 12.5. The van der Waals surface area contributed by atoms with Gasteiger partial charge in [-0.2, -0.15) is 5.10 Å². The van der Waals surface area contributed by atoms with Crippen LogP contribution in [0.25, 0.3) is 11.2 Å². The molecule has 3 aromatic heterocycles. The number of amides is 1. The molecule has 0 spiro atoms. The first-order valence-electron chi connectivity index (χ1n) is 7.67. The molecule has 2 N–H and O–H groups in total. The van der Waals surface area contributed by atoms with Gasteiger partial charge in [-0.15, -0.1) is 5.10 Å². The zero-order chi connectivity index (χ0) is 15.6. The summed E-state index contributed by atoms with van der Waals surface area (Å²) < 4.78 is 3.34. The van der Waals surface area contributed by atoms with Crippen molar-refractivity contribution in [1.29, 1.82) is 0 Å². The molecule has 1 aliphatic rings. The molecule has 4 rings (SSSR count). The summed E-state index contributed by atoms with van der Waals surface area (Å²) in [6, 6.07) is 5.77. The van der Waals surface area contributed by atoms with Crippen LogP contribution in [-0.2, 0) is 0 Å². The van der Waals surface area contributed by atoms with Gasteiger partial charge in [0.2, 0.25) is 0 Å². The first-order valence-corrected chi connectivity index (χ1v) is 7.67. The van der Waals surface area contributed by atoms with Crippen molar-refractivity contribution in [3.63, 3.8) is 0 Å². The average Bonchev–Trinajstić information content (AvgIpc) is 3.24. The van der Waals surface area contributed by atoms with Crippen molar-refractivity contribution in [3.05, 3.63) is 42.5 Å². The van der Waals surface area contributed by atoms with E-state index in [0.717, 1.165) is 37.1 Å². The predicted octanol–water partition coefficient (Wildman–Crippen LogP) is 0.397. The molecule has 118 valence electrons. The maximum atomic E-state index is 12.3. The Kier molecular flexibility index (Phi) is 3.51. The summed E-state index contributed by atoms with van der Waals surface area (Å²) >= 11 is 0. The van der Waals surface area contributed by atoms with Crippen molar-refractivity contribution in [1.82, 2.24) is 35.2 Å². The van der Waals surface area contributed by atoms with Gasteiger partial charge in [0.25, 0.3) is 5.91 Å². The Bertz CT molecular complexity index is 831. The van der Waals surface area contributed by atoms with E-state index in [1.54, 1.807) is 27.7 Å². The van der Waals surface area contributed by atoms with Crippen LogP contribution in [0.15, 0.2) is 36.8 Å². The second kappa shape index (κ2) is 5.81. The molecule has 0 radical (unpaired) electrons. The van der Waals surface area contributed by atoms with Crippen LogP contribution in [0.4, 0.5) is 0 Å². The van der Waals surface area contributed by atoms with Crippen molar-refractivity contribution in [3.8, 4) is 5.69 Å². The minimum atomic E-state index is -0.127. The maximum absolute atomic E-state index is 12.3. The topological polar surface area (TPSA) is 89.1 Å². The number of fused-ring (bicyclic) bond motifs is 1. The van der Waals surface area contributed by atoms with E-state index in [-0.39, 0.29) is 11.9 Å². The number of carbonyl (C=O) groups excluding carboxylic acids is 1. The quantitative estimate of drug-likeness (QED) is 0.731. The lowest BCUT2D eigenvalue weighted by Crippen LogP contribution is -2.42. The highest BCUT2D eigenvalue weighted by Crippen LogP contribution is 2.10. The summed E-state index contributed by atoms with van der Waals surface area (Å²) in [5.41, 5.74) is 2.15. The van der Waals surface area contributed by atoms with Crippen LogP contribution >= 0.6 is 0 Å². The fourth-order valence-electron chi connectivity index (χ4n) is 2.76. The summed E-state index contributed by atoms with van der Waals surface area (Å²) in [4.78, 5) is 12.3. The number of rotatable bonds is 3. The molecule has 1 aliphatic heterocycles. The SMILES string of the molecule is O=C(NC1CCNCC1)c1ccn(-c2ccc3cnnn3c2)n1. The molecular formula is C15H17N7O. The summed E-state index contributed by atoms with van der Waals surface area (Å²) in [7, 11) is 0. The van der Waals surface area contributed by atoms with Gasteiger partial charge in [0.1, 0.15) is 0 Å². The Morgan fingerprint density at radius 2 is 2.13 bits per heavy atom. The van der Waals surface area contributed by atoms with Gasteiger partial charge in [0, 0.05) is 12.2 Å². The Balaban J connectivity index is 1.52. The fraction of sp³-hybridized carbons (Fsp3) is 0.333. The first kappa shape index (κ1) is 13.9. The third kappa shape index (κ3) is 2.80. The predicted molar refractivity (Wildman–Crippen MR) is 83.5 cm³/mol. The molecule has 0 saturated carbocycles. The molecule has 1 fully saturated rings. The third-order valence-electron chi connectivity index (χ3n) is 4.04. The highest BCUT2D eigenvalue weighted by atomic mass is 16.2. The second-order valence-corrected chi connectivity index (χ2v) is 5.63. The molecule has 0 aliphatic carbocycles. The number of carbonyl (C=O) groups is 1. The highest BCUT2D eigenvalue weighted by molar-refractivity contribution is 5.92. The Morgan fingerprint density at radius 3 is 3.00 bits per heavy atom. The van der Waals surface area contributed by atoms with Gasteiger partial charge >= 0.3 is 0 Å². The van der Waals surface area contributed by atoms with Gasteiger partial charge in [-0.05, 0) is 44.1 Å². The molecular weight excluding hydrogens is 294 g/mol. The lowest BCUT2D eigenvalue weighted by Gasteiger charge is -2.23. The number of aromatic nitrogens is 5. The minimum absolute atomic E-state index is 0.127. The van der Waals surface area contributed by atoms with Crippen molar-refractivity contribution in [2.75, 3.05) is 13.1 Å². The van der Waals surface area contributed by atoms with Gasteiger partial charge in [0.05, 0.1) is 23.6 Å². The molecule has 1 saturated heterocycles. The van der Waals surface area contributed by atoms with Gasteiger partial charge in [0.15, 0.2) is 5.69 Å². The van der Waals surface area contributed by atoms with Crippen LogP contribution in [-0.4, -0.2) is 49.6 Å². The van der Waals surface area contributed by atoms with E-state index >= 15 is 0 Å². The molecule has 0 aromatic carbocycles. The standard InChI is InChI=1S/C15H17N7O/c23-15(18-11-3-6-16-7-4-11)14-5-8-21(19-14)13-2-1-12-9-17-20-22(12)10-13/h1-2,5,8-11,16H,3-4,6-7H2,(H,18,23). The largest absolute Gasteiger partial charge is 0.348 e. The van der Waals surface area contributed by atoms with Crippen molar-refractivity contribution in [2.24, 2.45) is 0 Å². The van der Waals surface area contributed by atoms with Crippen LogP contribution in [0.3, 0.4) is 0 Å². The molecule has 23 heavy (non-hydrogen) atoms. The van der Waals surface area contributed by atoms with E-state index in [1.807, 2.05) is 18.3 Å². The van der Waals surface area contributed by atoms with Gasteiger partial charge in [-0.1, -0.05) is 5.21 Å². The lowest BCUT2D eigenvalue weighted by molar-refractivity contribution is 0.0924. The molecule has 8 nitrogen and oxygen atoms in total. The van der Waals surface area contributed by atoms with Crippen LogP contribution in [0.5, 0.6) is 0 Å². The number of nitrogens with zero attached hydrogens (tertiary/aromatic N) is 5. The Hall–Kier alpha value is -2.74. The summed E-state index contributed by atoms with van der Waals surface area (Å²) in [5.74, 6) is -0.127. The van der Waals surface area contributed by atoms with Crippen molar-refractivity contribution < 1.29 is 4.79 Å². The van der Waals surface area contributed by atoms with E-state index in [1.165, 1.54) is 0 Å². The van der Waals surface area contributed by atoms with E-state index in [9.17, 15) is 4.79 Å². The molecule has 0 atom stereocenters. The van der Waals surface area contributed by atoms with Crippen LogP contribution in [0.2, 0.25) is 0 Å². The smallest absolute Gasteiger partial charge is 0.272 e. The van der Waals surface area contributed by atoms with E-state index in [4.69, 9.17) is 0 Å². The van der Waals surface area contributed by atoms with E-state index in [2.05, 4.69) is 26.0 Å². The molecule has 0 unspecified atom stereocenters. The van der Waals surface area contributed by atoms with Crippen LogP contribution in [0, 0.1) is 0 Å². The Labute approximate surface area is 132 Å². The average molecular weight is 311 g/mol. The van der Waals surface area contributed by atoms with Gasteiger partial charge < -0.3 is 10.6 Å². The van der Waals surface area contributed by atoms with E-state index < -0.39 is 0 Å². The number of pyridine rings is 1. The number of nitrogens with one attached hydrogen (secondary N) is 2. The maximum Gasteiger partial charge on any atom is 0.272 e. The lowest BCUT2D eigenvalue weighted by atomic mass is 10.1. The highest BCUT2D eigenvalue weighted by Gasteiger charge is 2.18. The third-order valence-corrected chi connectivity index (χ3v) is 4.04. The number of piperidine rings is 1. The molecule has 3 aromatic rings. The molecule has 1 amide bonds. The number of hydrogen-bond acceptors (Lipinski definition) is 5. The van der Waals surface area contributed by atoms with Crippen molar-refractivity contribution in [2.45, 2.75) is 18.9 Å². The summed E-state index contributed by atoms with van der Waals surface area (Å²) in [6.45, 7) is 1.88. The van der Waals surface area contributed by atoms with E-state index in [0.29, 0.717) is 5.69 Å². The van der Waals surface area contributed by atoms with Crippen molar-refractivity contribution >= 4 is 11.4 Å². The molecule has 0 bridgehead atoms. The molecule has 4 heterocycles. The van der Waals surface area contributed by atoms with Gasteiger partial charge in [-0.3, -0.25) is 4.79 Å². The van der Waals surface area contributed by atoms with Gasteiger partial charge in [-0.25, -0.2) is 9.20 Å². The Morgan fingerprint density at radius 1 is 1.26 bits per heavy atom. The fourth-order valence-corrected chi connectivity index (χ4v) is 2.76. The monoisotopic (exact) mass is 311 g/mol.